The van der Waals surface area contributed by atoms with Crippen molar-refractivity contribution in [3.05, 3.63) is 23.8 Å². The van der Waals surface area contributed by atoms with Gasteiger partial charge in [-0.15, -0.1) is 0 Å². The lowest BCUT2D eigenvalue weighted by Crippen LogP contribution is -2.52. The maximum Gasteiger partial charge on any atom is 0.231 e. The van der Waals surface area contributed by atoms with Crippen LogP contribution in [0.5, 0.6) is 11.5 Å². The smallest absolute Gasteiger partial charge is 0.231 e. The number of benzene rings is 1. The number of piperidine rings is 1. The molecule has 26 heavy (non-hydrogen) atoms. The van der Waals surface area contributed by atoms with Crippen molar-refractivity contribution in [3.63, 3.8) is 0 Å². The Bertz CT molecular complexity index is 716. The average Bonchev–Trinajstić information content (AvgIpc) is 3.06. The summed E-state index contributed by atoms with van der Waals surface area (Å²) in [5, 5.41) is 2.91. The summed E-state index contributed by atoms with van der Waals surface area (Å²) in [6, 6.07) is 6.10. The van der Waals surface area contributed by atoms with Crippen molar-refractivity contribution in [2.45, 2.75) is 44.5 Å². The summed E-state index contributed by atoms with van der Waals surface area (Å²) < 4.78 is 36.1. The van der Waals surface area contributed by atoms with E-state index in [1.165, 1.54) is 6.26 Å². The number of rotatable bonds is 7. The molecule has 1 fully saturated rings. The van der Waals surface area contributed by atoms with Gasteiger partial charge in [0.05, 0.1) is 0 Å². The largest absolute Gasteiger partial charge is 0.454 e. The Hall–Kier alpha value is -1.31. The second-order valence-electron chi connectivity index (χ2n) is 7.38. The van der Waals surface area contributed by atoms with Gasteiger partial charge in [-0.1, -0.05) is 13.0 Å². The Kier molecular flexibility index (Phi) is 6.10. The summed E-state index contributed by atoms with van der Waals surface area (Å²) in [6.45, 7) is 6.94. The van der Waals surface area contributed by atoms with Gasteiger partial charge in [-0.05, 0) is 69.4 Å². The average molecular weight is 383 g/mol. The van der Waals surface area contributed by atoms with Crippen LogP contribution in [0.1, 0.15) is 32.3 Å². The van der Waals surface area contributed by atoms with Crippen LogP contribution in [0.3, 0.4) is 0 Å². The summed E-state index contributed by atoms with van der Waals surface area (Å²) in [5.41, 5.74) is 1.14. The van der Waals surface area contributed by atoms with E-state index in [0.717, 1.165) is 49.4 Å². The van der Waals surface area contributed by atoms with Crippen molar-refractivity contribution in [2.24, 2.45) is 5.92 Å². The maximum absolute atomic E-state index is 12.6. The number of hydrogen-bond acceptors (Lipinski definition) is 6. The van der Waals surface area contributed by atoms with Crippen molar-refractivity contribution >= 4 is 9.84 Å². The number of hydrogen-bond donors (Lipinski definition) is 1. The molecule has 0 aromatic heterocycles. The van der Waals surface area contributed by atoms with E-state index in [1.54, 1.807) is 0 Å². The Morgan fingerprint density at radius 1 is 1.23 bits per heavy atom. The Labute approximate surface area is 156 Å². The van der Waals surface area contributed by atoms with Gasteiger partial charge >= 0.3 is 0 Å². The van der Waals surface area contributed by atoms with Gasteiger partial charge in [0.1, 0.15) is 5.37 Å². The van der Waals surface area contributed by atoms with E-state index in [9.17, 15) is 8.42 Å². The van der Waals surface area contributed by atoms with Gasteiger partial charge in [0.25, 0.3) is 0 Å². The van der Waals surface area contributed by atoms with Crippen molar-refractivity contribution in [2.75, 3.05) is 32.7 Å². The highest BCUT2D eigenvalue weighted by Crippen LogP contribution is 2.33. The van der Waals surface area contributed by atoms with E-state index in [2.05, 4.69) is 24.1 Å². The molecule has 0 aliphatic carbocycles. The zero-order valence-electron chi connectivity index (χ0n) is 15.9. The topological polar surface area (TPSA) is 67.9 Å². The van der Waals surface area contributed by atoms with Crippen LogP contribution in [0.4, 0.5) is 0 Å². The number of ether oxygens (including phenoxy) is 2. The lowest BCUT2D eigenvalue weighted by atomic mass is 9.95. The first-order chi connectivity index (χ1) is 12.4. The molecule has 0 bridgehead atoms. The van der Waals surface area contributed by atoms with Crippen LogP contribution in [0.15, 0.2) is 18.2 Å². The molecule has 7 heteroatoms. The van der Waals surface area contributed by atoms with Gasteiger partial charge in [-0.2, -0.15) is 0 Å². The second kappa shape index (κ2) is 8.15. The van der Waals surface area contributed by atoms with Crippen molar-refractivity contribution in [1.82, 2.24) is 10.2 Å². The Morgan fingerprint density at radius 3 is 2.58 bits per heavy atom. The van der Waals surface area contributed by atoms with Crippen LogP contribution in [0, 0.1) is 5.92 Å². The molecular weight excluding hydrogens is 352 g/mol. The van der Waals surface area contributed by atoms with Crippen LogP contribution in [0.2, 0.25) is 0 Å². The lowest BCUT2D eigenvalue weighted by molar-refractivity contribution is 0.138. The molecule has 1 N–H and O–H groups in total. The van der Waals surface area contributed by atoms with Crippen molar-refractivity contribution in [1.29, 1.82) is 0 Å². The van der Waals surface area contributed by atoms with Crippen LogP contribution >= 0.6 is 0 Å². The summed E-state index contributed by atoms with van der Waals surface area (Å²) >= 11 is 0. The van der Waals surface area contributed by atoms with E-state index >= 15 is 0 Å². The van der Waals surface area contributed by atoms with Crippen molar-refractivity contribution < 1.29 is 17.9 Å². The number of nitrogens with one attached hydrogen (secondary N) is 1. The fourth-order valence-corrected chi connectivity index (χ4v) is 6.08. The van der Waals surface area contributed by atoms with E-state index in [0.29, 0.717) is 6.54 Å². The van der Waals surface area contributed by atoms with E-state index in [4.69, 9.17) is 9.47 Å². The SMILES string of the molecule is CCN(C(C)Cc1ccc2c(c1)OCO2)C(C1CCNCC1)S(C)(=O)=O. The van der Waals surface area contributed by atoms with Crippen LogP contribution < -0.4 is 14.8 Å². The molecule has 2 heterocycles. The lowest BCUT2D eigenvalue weighted by Gasteiger charge is -2.40. The third kappa shape index (κ3) is 4.32. The Balaban J connectivity index is 1.78. The number of sulfone groups is 1. The molecule has 0 amide bonds. The molecule has 2 aliphatic rings. The van der Waals surface area contributed by atoms with Crippen LogP contribution in [-0.2, 0) is 16.3 Å². The highest BCUT2D eigenvalue weighted by molar-refractivity contribution is 7.91. The molecule has 2 aliphatic heterocycles. The molecule has 0 spiro atoms. The summed E-state index contributed by atoms with van der Waals surface area (Å²) in [6.07, 6.45) is 3.98. The molecule has 0 saturated carbocycles. The van der Waals surface area contributed by atoms with Crippen molar-refractivity contribution in [3.8, 4) is 11.5 Å². The fraction of sp³-hybridized carbons (Fsp3) is 0.684. The normalized spacial score (nSPS) is 20.3. The van der Waals surface area contributed by atoms with Gasteiger partial charge in [0.15, 0.2) is 21.3 Å². The van der Waals surface area contributed by atoms with Gasteiger partial charge in [-0.25, -0.2) is 8.42 Å². The quantitative estimate of drug-likeness (QED) is 0.778. The molecule has 1 aromatic rings. The maximum atomic E-state index is 12.6. The van der Waals surface area contributed by atoms with Gasteiger partial charge < -0.3 is 14.8 Å². The van der Waals surface area contributed by atoms with Gasteiger partial charge in [0.2, 0.25) is 6.79 Å². The first kappa shape index (κ1) is 19.5. The van der Waals surface area contributed by atoms with Crippen LogP contribution in [-0.4, -0.2) is 57.4 Å². The predicted molar refractivity (Wildman–Crippen MR) is 102 cm³/mol. The Morgan fingerprint density at radius 2 is 1.92 bits per heavy atom. The number of likely N-dealkylation sites (N-methyl/N-ethyl adjacent to an activating group) is 1. The molecular formula is C19H30N2O4S. The first-order valence-electron chi connectivity index (χ1n) is 9.44. The van der Waals surface area contributed by atoms with Gasteiger partial charge in [-0.3, -0.25) is 4.90 Å². The molecule has 2 atom stereocenters. The molecule has 2 unspecified atom stereocenters. The summed E-state index contributed by atoms with van der Waals surface area (Å²) in [5.74, 6) is 1.73. The third-order valence-electron chi connectivity index (χ3n) is 5.45. The standard InChI is InChI=1S/C19H30N2O4S/c1-4-21(19(26(3,22)23)16-7-9-20-10-8-16)14(2)11-15-5-6-17-18(12-15)25-13-24-17/h5-6,12,14,16,19-20H,4,7-11,13H2,1-3H3. The highest BCUT2D eigenvalue weighted by atomic mass is 32.2. The second-order valence-corrected chi connectivity index (χ2v) is 9.52. The monoisotopic (exact) mass is 382 g/mol. The summed E-state index contributed by atoms with van der Waals surface area (Å²) in [4.78, 5) is 2.16. The molecule has 6 nitrogen and oxygen atoms in total. The van der Waals surface area contributed by atoms with Gasteiger partial charge in [0, 0.05) is 12.3 Å². The molecule has 1 aromatic carbocycles. The molecule has 3 rings (SSSR count). The minimum absolute atomic E-state index is 0.120. The zero-order valence-corrected chi connectivity index (χ0v) is 16.7. The van der Waals surface area contributed by atoms with E-state index < -0.39 is 15.2 Å². The fourth-order valence-electron chi connectivity index (χ4n) is 4.26. The van der Waals surface area contributed by atoms with E-state index in [1.807, 2.05) is 18.2 Å². The number of fused-ring (bicyclic) bond motifs is 1. The molecule has 0 radical (unpaired) electrons. The zero-order chi connectivity index (χ0) is 18.7. The summed E-state index contributed by atoms with van der Waals surface area (Å²) in [7, 11) is -3.17. The molecule has 1 saturated heterocycles. The number of nitrogens with zero attached hydrogens (tertiary/aromatic N) is 1. The first-order valence-corrected chi connectivity index (χ1v) is 11.4. The molecule has 146 valence electrons. The third-order valence-corrected chi connectivity index (χ3v) is 6.99. The van der Waals surface area contributed by atoms with E-state index in [-0.39, 0.29) is 18.8 Å². The minimum Gasteiger partial charge on any atom is -0.454 e. The van der Waals surface area contributed by atoms with Crippen LogP contribution in [0.25, 0.3) is 0 Å². The predicted octanol–water partition coefficient (Wildman–Crippen LogP) is 2.04. The minimum atomic E-state index is -3.17. The highest BCUT2D eigenvalue weighted by Gasteiger charge is 2.37.